The summed E-state index contributed by atoms with van der Waals surface area (Å²) in [6, 6.07) is 4.73. The quantitative estimate of drug-likeness (QED) is 0.703. The van der Waals surface area contributed by atoms with Crippen LogP contribution in [-0.2, 0) is 0 Å². The van der Waals surface area contributed by atoms with E-state index in [1.807, 2.05) is 12.1 Å². The van der Waals surface area contributed by atoms with E-state index in [4.69, 9.17) is 11.6 Å². The van der Waals surface area contributed by atoms with Gasteiger partial charge in [-0.3, -0.25) is 0 Å². The number of halogens is 1. The van der Waals surface area contributed by atoms with Crippen molar-refractivity contribution in [1.29, 1.82) is 0 Å². The van der Waals surface area contributed by atoms with Crippen molar-refractivity contribution in [2.45, 2.75) is 18.5 Å². The molecule has 0 radical (unpaired) electrons. The summed E-state index contributed by atoms with van der Waals surface area (Å²) in [5, 5.41) is 0.666. The molecule has 2 atom stereocenters. The van der Waals surface area contributed by atoms with Crippen LogP contribution < -0.4 is 9.80 Å². The number of fused-ring (bicyclic) bond motifs is 3. The molecule has 2 fully saturated rings. The van der Waals surface area contributed by atoms with Crippen LogP contribution in [0.4, 0.5) is 11.6 Å². The first-order chi connectivity index (χ1) is 11.3. The van der Waals surface area contributed by atoms with Gasteiger partial charge in [0.15, 0.2) is 17.0 Å². The van der Waals surface area contributed by atoms with E-state index in [0.29, 0.717) is 22.8 Å². The largest absolute Gasteiger partial charge is 0.350 e. The van der Waals surface area contributed by atoms with Gasteiger partial charge >= 0.3 is 0 Å². The Hall–Kier alpha value is -2.06. The van der Waals surface area contributed by atoms with Crippen LogP contribution in [0.25, 0.3) is 11.2 Å². The number of hydrogen-bond donors (Lipinski definition) is 0. The third-order valence-corrected chi connectivity index (χ3v) is 5.30. The van der Waals surface area contributed by atoms with Gasteiger partial charge in [0, 0.05) is 19.3 Å². The van der Waals surface area contributed by atoms with Crippen LogP contribution in [0, 0.1) is 0 Å². The lowest BCUT2D eigenvalue weighted by Crippen LogP contribution is -2.47. The molecule has 0 spiro atoms. The van der Waals surface area contributed by atoms with Gasteiger partial charge in [-0.2, -0.15) is 8.75 Å². The maximum Gasteiger partial charge on any atom is 0.198 e. The molecule has 3 aromatic rings. The first-order valence-electron chi connectivity index (χ1n) is 7.38. The molecule has 5 heterocycles. The molecule has 2 aliphatic heterocycles. The van der Waals surface area contributed by atoms with E-state index in [0.717, 1.165) is 36.7 Å². The van der Waals surface area contributed by atoms with Crippen molar-refractivity contribution in [2.24, 2.45) is 0 Å². The van der Waals surface area contributed by atoms with Crippen LogP contribution in [0.3, 0.4) is 0 Å². The van der Waals surface area contributed by atoms with Gasteiger partial charge < -0.3 is 9.80 Å². The molecular formula is C14H12ClN7S. The fourth-order valence-corrected chi connectivity index (χ4v) is 4.17. The molecule has 0 N–H and O–H groups in total. The average Bonchev–Trinajstić information content (AvgIpc) is 3.29. The summed E-state index contributed by atoms with van der Waals surface area (Å²) in [5.74, 6) is 1.89. The first-order valence-corrected chi connectivity index (χ1v) is 8.48. The summed E-state index contributed by atoms with van der Waals surface area (Å²) in [4.78, 5) is 17.8. The maximum absolute atomic E-state index is 5.93. The molecule has 2 saturated heterocycles. The number of piperazine rings is 1. The van der Waals surface area contributed by atoms with Crippen molar-refractivity contribution in [3.05, 3.63) is 29.7 Å². The maximum atomic E-state index is 5.93. The van der Waals surface area contributed by atoms with Gasteiger partial charge in [-0.15, -0.1) is 0 Å². The molecule has 2 bridgehead atoms. The van der Waals surface area contributed by atoms with Gasteiger partial charge in [-0.25, -0.2) is 15.0 Å². The van der Waals surface area contributed by atoms with E-state index in [9.17, 15) is 0 Å². The second-order valence-corrected chi connectivity index (χ2v) is 6.78. The summed E-state index contributed by atoms with van der Waals surface area (Å²) in [6.45, 7) is 1.85. The molecule has 116 valence electrons. The van der Waals surface area contributed by atoms with Gasteiger partial charge in [0.25, 0.3) is 0 Å². The Kier molecular flexibility index (Phi) is 2.89. The van der Waals surface area contributed by atoms with Crippen LogP contribution in [0.5, 0.6) is 0 Å². The molecule has 0 aromatic carbocycles. The van der Waals surface area contributed by atoms with E-state index in [1.165, 1.54) is 11.7 Å². The van der Waals surface area contributed by atoms with Gasteiger partial charge in [0.2, 0.25) is 0 Å². The molecule has 9 heteroatoms. The Morgan fingerprint density at radius 3 is 2.70 bits per heavy atom. The highest BCUT2D eigenvalue weighted by molar-refractivity contribution is 7.00. The minimum Gasteiger partial charge on any atom is -0.350 e. The smallest absolute Gasteiger partial charge is 0.198 e. The summed E-state index contributed by atoms with van der Waals surface area (Å²) >= 11 is 7.11. The highest BCUT2D eigenvalue weighted by atomic mass is 35.5. The molecule has 0 amide bonds. The standard InChI is InChI=1S/C14H12ClN7S/c15-8-1-2-11(16-4-8)21-5-10-3-9(21)6-22(10)14-12-13(17-7-18-14)20-23-19-12/h1-2,4,7,9-10H,3,5-6H2/t9-,10+/m0/s1. The number of pyridine rings is 1. The first kappa shape index (κ1) is 13.4. The Morgan fingerprint density at radius 1 is 1.04 bits per heavy atom. The van der Waals surface area contributed by atoms with E-state index in [-0.39, 0.29) is 0 Å². The predicted molar refractivity (Wildman–Crippen MR) is 89.1 cm³/mol. The summed E-state index contributed by atoms with van der Waals surface area (Å²) in [6.07, 6.45) is 4.38. The zero-order valence-corrected chi connectivity index (χ0v) is 13.6. The SMILES string of the molecule is Clc1ccc(N2C[C@H]3C[C@H]2CN3c2ncnc3nsnc23)nc1. The van der Waals surface area contributed by atoms with Gasteiger partial charge in [0.05, 0.1) is 28.8 Å². The van der Waals surface area contributed by atoms with Crippen molar-refractivity contribution in [2.75, 3.05) is 22.9 Å². The van der Waals surface area contributed by atoms with Crippen LogP contribution in [0.15, 0.2) is 24.7 Å². The van der Waals surface area contributed by atoms with E-state index in [1.54, 1.807) is 12.5 Å². The lowest BCUT2D eigenvalue weighted by Gasteiger charge is -2.35. The van der Waals surface area contributed by atoms with E-state index in [2.05, 4.69) is 33.5 Å². The van der Waals surface area contributed by atoms with Crippen molar-refractivity contribution < 1.29 is 0 Å². The Balaban J connectivity index is 1.44. The molecule has 0 unspecified atom stereocenters. The predicted octanol–water partition coefficient (Wildman–Crippen LogP) is 2.00. The van der Waals surface area contributed by atoms with E-state index >= 15 is 0 Å². The molecular weight excluding hydrogens is 334 g/mol. The lowest BCUT2D eigenvalue weighted by molar-refractivity contribution is 0.636. The normalized spacial score (nSPS) is 23.2. The third kappa shape index (κ3) is 2.05. The topological polar surface area (TPSA) is 70.9 Å². The number of aromatic nitrogens is 5. The molecule has 23 heavy (non-hydrogen) atoms. The Labute approximate surface area is 141 Å². The molecule has 7 nitrogen and oxygen atoms in total. The van der Waals surface area contributed by atoms with Gasteiger partial charge in [-0.05, 0) is 18.6 Å². The van der Waals surface area contributed by atoms with Crippen molar-refractivity contribution in [3.63, 3.8) is 0 Å². The third-order valence-electron chi connectivity index (χ3n) is 4.56. The second kappa shape index (κ2) is 4.97. The lowest BCUT2D eigenvalue weighted by atomic mass is 10.2. The van der Waals surface area contributed by atoms with Gasteiger partial charge in [-0.1, -0.05) is 11.6 Å². The van der Waals surface area contributed by atoms with Crippen LogP contribution in [0.2, 0.25) is 5.02 Å². The number of hydrogen-bond acceptors (Lipinski definition) is 8. The van der Waals surface area contributed by atoms with Crippen molar-refractivity contribution in [3.8, 4) is 0 Å². The number of anilines is 2. The van der Waals surface area contributed by atoms with Crippen molar-refractivity contribution in [1.82, 2.24) is 23.7 Å². The number of nitrogens with zero attached hydrogens (tertiary/aromatic N) is 7. The molecule has 2 aliphatic rings. The summed E-state index contributed by atoms with van der Waals surface area (Å²) < 4.78 is 8.56. The Bertz CT molecular complexity index is 867. The zero-order valence-electron chi connectivity index (χ0n) is 12.0. The van der Waals surface area contributed by atoms with Crippen LogP contribution >= 0.6 is 23.3 Å². The second-order valence-electron chi connectivity index (χ2n) is 5.82. The molecule has 3 aromatic heterocycles. The van der Waals surface area contributed by atoms with Crippen molar-refractivity contribution >= 4 is 46.1 Å². The highest BCUT2D eigenvalue weighted by Crippen LogP contribution is 2.37. The molecule has 0 aliphatic carbocycles. The minimum atomic E-state index is 0.414. The molecule has 5 rings (SSSR count). The zero-order chi connectivity index (χ0) is 15.4. The Morgan fingerprint density at radius 2 is 1.91 bits per heavy atom. The fourth-order valence-electron chi connectivity index (χ4n) is 3.56. The highest BCUT2D eigenvalue weighted by Gasteiger charge is 2.45. The van der Waals surface area contributed by atoms with Crippen LogP contribution in [0.1, 0.15) is 6.42 Å². The van der Waals surface area contributed by atoms with E-state index < -0.39 is 0 Å². The summed E-state index contributed by atoms with van der Waals surface area (Å²) in [7, 11) is 0. The minimum absolute atomic E-state index is 0.414. The molecule has 0 saturated carbocycles. The van der Waals surface area contributed by atoms with Crippen LogP contribution in [-0.4, -0.2) is 48.9 Å². The average molecular weight is 346 g/mol. The monoisotopic (exact) mass is 345 g/mol. The number of rotatable bonds is 2. The van der Waals surface area contributed by atoms with Gasteiger partial charge in [0.1, 0.15) is 12.1 Å². The fraction of sp³-hybridized carbons (Fsp3) is 0.357. The summed E-state index contributed by atoms with van der Waals surface area (Å²) in [5.41, 5.74) is 1.49.